The molecule has 0 unspecified atom stereocenters. The number of anilines is 1. The number of aromatic amines is 1. The van der Waals surface area contributed by atoms with Crippen LogP contribution in [0.15, 0.2) is 47.5 Å². The Bertz CT molecular complexity index is 819. The van der Waals surface area contributed by atoms with Crippen LogP contribution in [-0.2, 0) is 0 Å². The number of fused-ring (bicyclic) bond motifs is 1. The summed E-state index contributed by atoms with van der Waals surface area (Å²) in [5.74, 6) is 1.39. The molecule has 0 atom stereocenters. The molecule has 0 bridgehead atoms. The van der Waals surface area contributed by atoms with Gasteiger partial charge in [-0.05, 0) is 31.2 Å². The maximum atomic E-state index is 12.5. The smallest absolute Gasteiger partial charge is 0.294 e. The van der Waals surface area contributed by atoms with Crippen LogP contribution in [0.25, 0.3) is 10.9 Å². The molecule has 0 saturated heterocycles. The van der Waals surface area contributed by atoms with Crippen molar-refractivity contribution in [3.8, 4) is 11.5 Å². The maximum Gasteiger partial charge on any atom is 0.294 e. The first kappa shape index (κ1) is 17.7. The van der Waals surface area contributed by atoms with E-state index in [2.05, 4.69) is 11.6 Å². The molecule has 1 heterocycles. The molecule has 0 aliphatic heterocycles. The highest BCUT2D eigenvalue weighted by Crippen LogP contribution is 2.35. The zero-order valence-electron chi connectivity index (χ0n) is 14.7. The Hall–Kier alpha value is -2.69. The first-order chi connectivity index (χ1) is 11.5. The second-order valence-corrected chi connectivity index (χ2v) is 5.55. The van der Waals surface area contributed by atoms with Crippen molar-refractivity contribution in [2.45, 2.75) is 20.3 Å². The van der Waals surface area contributed by atoms with Gasteiger partial charge >= 0.3 is 0 Å². The highest BCUT2D eigenvalue weighted by molar-refractivity contribution is 5.90. The number of rotatable bonds is 7. The number of nitrogens with one attached hydrogen (secondary N) is 1. The third-order valence-corrected chi connectivity index (χ3v) is 3.67. The van der Waals surface area contributed by atoms with E-state index in [9.17, 15) is 4.79 Å². The third-order valence-electron chi connectivity index (χ3n) is 3.67. The molecule has 0 saturated carbocycles. The van der Waals surface area contributed by atoms with Gasteiger partial charge in [0.25, 0.3) is 5.56 Å². The minimum absolute atomic E-state index is 0.174. The molecule has 0 fully saturated rings. The number of pyridine rings is 1. The van der Waals surface area contributed by atoms with E-state index < -0.39 is 0 Å². The lowest BCUT2D eigenvalue weighted by atomic mass is 10.1. The van der Waals surface area contributed by atoms with Gasteiger partial charge in [0, 0.05) is 31.6 Å². The highest BCUT2D eigenvalue weighted by Gasteiger charge is 2.17. The van der Waals surface area contributed by atoms with Gasteiger partial charge in [0.1, 0.15) is 6.61 Å². The second kappa shape index (κ2) is 7.73. The van der Waals surface area contributed by atoms with Crippen molar-refractivity contribution in [1.82, 2.24) is 4.98 Å². The molecule has 1 N–H and O–H groups in total. The molecule has 0 amide bonds. The number of benzene rings is 1. The Morgan fingerprint density at radius 1 is 1.33 bits per heavy atom. The first-order valence-electron chi connectivity index (χ1n) is 7.95. The Balaban J connectivity index is 2.69. The summed E-state index contributed by atoms with van der Waals surface area (Å²) in [4.78, 5) is 17.3. The maximum absolute atomic E-state index is 12.5. The minimum atomic E-state index is -0.318. The van der Waals surface area contributed by atoms with Gasteiger partial charge in [-0.25, -0.2) is 0 Å². The molecular formula is C19H24N2O3. The number of H-pyrrole nitrogens is 1. The van der Waals surface area contributed by atoms with E-state index in [1.54, 1.807) is 6.08 Å². The molecule has 0 aliphatic carbocycles. The van der Waals surface area contributed by atoms with Crippen molar-refractivity contribution < 1.29 is 9.47 Å². The molecule has 2 rings (SSSR count). The van der Waals surface area contributed by atoms with E-state index >= 15 is 0 Å². The number of ether oxygens (including phenoxy) is 2. The summed E-state index contributed by atoms with van der Waals surface area (Å²) in [6.45, 7) is 7.77. The van der Waals surface area contributed by atoms with Crippen LogP contribution >= 0.6 is 0 Å². The van der Waals surface area contributed by atoms with Crippen LogP contribution in [0, 0.1) is 0 Å². The average molecular weight is 328 g/mol. The minimum Gasteiger partial charge on any atom is -0.481 e. The summed E-state index contributed by atoms with van der Waals surface area (Å²) in [6.07, 6.45) is 4.21. The van der Waals surface area contributed by atoms with Crippen LogP contribution in [0.4, 0.5) is 5.69 Å². The molecule has 5 heteroatoms. The van der Waals surface area contributed by atoms with Gasteiger partial charge in [0.05, 0.1) is 11.3 Å². The van der Waals surface area contributed by atoms with Gasteiger partial charge in [0.2, 0.25) is 5.75 Å². The molecular weight excluding hydrogens is 304 g/mol. The van der Waals surface area contributed by atoms with Gasteiger partial charge < -0.3 is 19.4 Å². The Labute approximate surface area is 142 Å². The predicted octanol–water partition coefficient (Wildman–Crippen LogP) is 3.85. The summed E-state index contributed by atoms with van der Waals surface area (Å²) < 4.78 is 11.6. The molecule has 0 radical (unpaired) electrons. The van der Waals surface area contributed by atoms with Gasteiger partial charge in [0.15, 0.2) is 5.75 Å². The molecule has 0 spiro atoms. The van der Waals surface area contributed by atoms with Gasteiger partial charge in [-0.1, -0.05) is 19.6 Å². The van der Waals surface area contributed by atoms with E-state index in [0.717, 1.165) is 23.3 Å². The van der Waals surface area contributed by atoms with E-state index in [4.69, 9.17) is 9.47 Å². The van der Waals surface area contributed by atoms with E-state index in [-0.39, 0.29) is 17.9 Å². The molecule has 1 aromatic heterocycles. The fourth-order valence-corrected chi connectivity index (χ4v) is 2.36. The molecule has 1 aromatic carbocycles. The number of hydrogen-bond donors (Lipinski definition) is 1. The van der Waals surface area contributed by atoms with E-state index in [0.29, 0.717) is 11.3 Å². The average Bonchev–Trinajstić information content (AvgIpc) is 2.57. The zero-order valence-corrected chi connectivity index (χ0v) is 14.7. The number of nitrogens with zero attached hydrogens (tertiary/aromatic N) is 1. The van der Waals surface area contributed by atoms with Crippen LogP contribution in [0.1, 0.15) is 20.3 Å². The molecule has 2 aromatic rings. The topological polar surface area (TPSA) is 54.6 Å². The zero-order chi connectivity index (χ0) is 17.7. The Morgan fingerprint density at radius 3 is 2.67 bits per heavy atom. The molecule has 0 aliphatic rings. The molecule has 24 heavy (non-hydrogen) atoms. The van der Waals surface area contributed by atoms with Crippen LogP contribution in [0.3, 0.4) is 0 Å². The van der Waals surface area contributed by atoms with Crippen LogP contribution < -0.4 is 19.9 Å². The SMILES string of the molecule is C=CCOc1c(OC(=CC)CC)c2ccc(N(C)C)cc2[nH]c1=O. The van der Waals surface area contributed by atoms with Gasteiger partial charge in [-0.15, -0.1) is 0 Å². The van der Waals surface area contributed by atoms with Crippen molar-refractivity contribution in [1.29, 1.82) is 0 Å². The van der Waals surface area contributed by atoms with E-state index in [1.807, 2.05) is 57.1 Å². The highest BCUT2D eigenvalue weighted by atomic mass is 16.5. The van der Waals surface area contributed by atoms with Crippen molar-refractivity contribution in [2.75, 3.05) is 25.6 Å². The Kier molecular flexibility index (Phi) is 5.68. The molecule has 128 valence electrons. The van der Waals surface area contributed by atoms with Crippen molar-refractivity contribution in [3.63, 3.8) is 0 Å². The fraction of sp³-hybridized carbons (Fsp3) is 0.316. The van der Waals surface area contributed by atoms with E-state index in [1.165, 1.54) is 0 Å². The second-order valence-electron chi connectivity index (χ2n) is 5.55. The standard InChI is InChI=1S/C19H24N2O3/c1-6-11-23-18-17(24-14(7-2)8-3)15-10-9-13(21(4)5)12-16(15)20-19(18)22/h6-7,9-10,12H,1,8,11H2,2-5H3,(H,20,22). The predicted molar refractivity (Wildman–Crippen MR) is 99.3 cm³/mol. The number of aromatic nitrogens is 1. The quantitative estimate of drug-likeness (QED) is 0.619. The summed E-state index contributed by atoms with van der Waals surface area (Å²) in [5, 5.41) is 0.798. The number of hydrogen-bond acceptors (Lipinski definition) is 4. The van der Waals surface area contributed by atoms with Crippen molar-refractivity contribution in [3.05, 3.63) is 53.0 Å². The lowest BCUT2D eigenvalue weighted by molar-refractivity contribution is 0.324. The molecule has 5 nitrogen and oxygen atoms in total. The first-order valence-corrected chi connectivity index (χ1v) is 7.95. The largest absolute Gasteiger partial charge is 0.481 e. The van der Waals surface area contributed by atoms with Crippen LogP contribution in [-0.4, -0.2) is 25.7 Å². The Morgan fingerprint density at radius 2 is 2.08 bits per heavy atom. The van der Waals surface area contributed by atoms with Crippen LogP contribution in [0.2, 0.25) is 0 Å². The summed E-state index contributed by atoms with van der Waals surface area (Å²) in [7, 11) is 3.90. The lowest BCUT2D eigenvalue weighted by Crippen LogP contribution is -2.14. The number of allylic oxidation sites excluding steroid dienone is 2. The van der Waals surface area contributed by atoms with Gasteiger partial charge in [-0.3, -0.25) is 4.79 Å². The van der Waals surface area contributed by atoms with Crippen LogP contribution in [0.5, 0.6) is 11.5 Å². The third kappa shape index (κ3) is 3.62. The van der Waals surface area contributed by atoms with Crippen molar-refractivity contribution in [2.24, 2.45) is 0 Å². The normalized spacial score (nSPS) is 11.4. The fourth-order valence-electron chi connectivity index (χ4n) is 2.36. The monoisotopic (exact) mass is 328 g/mol. The summed E-state index contributed by atoms with van der Waals surface area (Å²) in [5.41, 5.74) is 1.38. The lowest BCUT2D eigenvalue weighted by Gasteiger charge is -2.17. The van der Waals surface area contributed by atoms with Gasteiger partial charge in [-0.2, -0.15) is 0 Å². The van der Waals surface area contributed by atoms with Crippen molar-refractivity contribution >= 4 is 16.6 Å². The summed E-state index contributed by atoms with van der Waals surface area (Å²) in [6, 6.07) is 5.83. The summed E-state index contributed by atoms with van der Waals surface area (Å²) >= 11 is 0.